The van der Waals surface area contributed by atoms with Crippen molar-refractivity contribution in [1.82, 2.24) is 10.6 Å². The number of amides is 3. The summed E-state index contributed by atoms with van der Waals surface area (Å²) in [6.07, 6.45) is 0. The third kappa shape index (κ3) is 4.20. The van der Waals surface area contributed by atoms with E-state index in [0.717, 1.165) is 0 Å². The van der Waals surface area contributed by atoms with E-state index in [4.69, 9.17) is 0 Å². The normalized spacial score (nSPS) is 8.60. The molecule has 58 valence electrons. The molecule has 0 saturated carbocycles. The van der Waals surface area contributed by atoms with Crippen molar-refractivity contribution in [1.29, 1.82) is 0 Å². The molecule has 0 saturated heterocycles. The molecule has 4 nitrogen and oxygen atoms in total. The highest BCUT2D eigenvalue weighted by Gasteiger charge is 2.01. The van der Waals surface area contributed by atoms with E-state index in [-0.39, 0.29) is 5.75 Å². The zero-order valence-corrected chi connectivity index (χ0v) is 6.57. The number of hydrogen-bond acceptors (Lipinski definition) is 3. The Morgan fingerprint density at radius 2 is 2.10 bits per heavy atom. The zero-order valence-electron chi connectivity index (χ0n) is 5.68. The Morgan fingerprint density at radius 3 is 2.50 bits per heavy atom. The van der Waals surface area contributed by atoms with Gasteiger partial charge in [0.05, 0.1) is 5.75 Å². The molecule has 10 heavy (non-hydrogen) atoms. The molecule has 0 atom stereocenters. The van der Waals surface area contributed by atoms with Crippen molar-refractivity contribution in [2.45, 2.75) is 6.92 Å². The minimum atomic E-state index is -0.471. The zero-order chi connectivity index (χ0) is 7.98. The van der Waals surface area contributed by atoms with Gasteiger partial charge in [0.25, 0.3) is 0 Å². The highest BCUT2D eigenvalue weighted by Crippen LogP contribution is 1.72. The fraction of sp³-hybridized carbons (Fsp3) is 0.600. The van der Waals surface area contributed by atoms with Crippen LogP contribution < -0.4 is 10.6 Å². The Bertz CT molecular complexity index is 138. The summed E-state index contributed by atoms with van der Waals surface area (Å²) in [5.74, 6) is -0.369. The van der Waals surface area contributed by atoms with E-state index >= 15 is 0 Å². The standard InChI is InChI=1S/C5H10N2O2S/c1-2-6-5(9)7-4(8)3-10/h10H,2-3H2,1H3,(H2,6,7,8,9). The molecule has 5 heteroatoms. The van der Waals surface area contributed by atoms with Gasteiger partial charge >= 0.3 is 6.03 Å². The molecule has 0 radical (unpaired) electrons. The van der Waals surface area contributed by atoms with Crippen LogP contribution in [0.4, 0.5) is 4.79 Å². The number of urea groups is 1. The molecular weight excluding hydrogens is 152 g/mol. The molecule has 3 amide bonds. The maximum Gasteiger partial charge on any atom is 0.321 e. The predicted octanol–water partition coefficient (Wildman–Crippen LogP) is -0.238. The smallest absolute Gasteiger partial charge is 0.321 e. The van der Waals surface area contributed by atoms with Crippen LogP contribution in [0.15, 0.2) is 0 Å². The van der Waals surface area contributed by atoms with Gasteiger partial charge in [-0.3, -0.25) is 10.1 Å². The van der Waals surface area contributed by atoms with Gasteiger partial charge in [0, 0.05) is 6.54 Å². The Kier molecular flexibility index (Phi) is 4.74. The van der Waals surface area contributed by atoms with Crippen LogP contribution in [-0.2, 0) is 4.79 Å². The average Bonchev–Trinajstić information content (AvgIpc) is 1.88. The van der Waals surface area contributed by atoms with Crippen LogP contribution in [0.3, 0.4) is 0 Å². The van der Waals surface area contributed by atoms with Crippen LogP contribution in [0.2, 0.25) is 0 Å². The minimum absolute atomic E-state index is 0.0249. The first-order valence-corrected chi connectivity index (χ1v) is 3.52. The van der Waals surface area contributed by atoms with Crippen molar-refractivity contribution in [2.24, 2.45) is 0 Å². The molecule has 0 aromatic heterocycles. The van der Waals surface area contributed by atoms with Gasteiger partial charge in [-0.1, -0.05) is 0 Å². The van der Waals surface area contributed by atoms with E-state index in [2.05, 4.69) is 23.3 Å². The van der Waals surface area contributed by atoms with Gasteiger partial charge in [0.1, 0.15) is 0 Å². The van der Waals surface area contributed by atoms with E-state index in [0.29, 0.717) is 6.54 Å². The fourth-order valence-corrected chi connectivity index (χ4v) is 0.450. The van der Waals surface area contributed by atoms with E-state index in [1.165, 1.54) is 0 Å². The van der Waals surface area contributed by atoms with Crippen LogP contribution in [-0.4, -0.2) is 24.2 Å². The first-order valence-electron chi connectivity index (χ1n) is 2.89. The van der Waals surface area contributed by atoms with Gasteiger partial charge in [-0.25, -0.2) is 4.79 Å². The van der Waals surface area contributed by atoms with Crippen LogP contribution >= 0.6 is 12.6 Å². The van der Waals surface area contributed by atoms with Gasteiger partial charge < -0.3 is 5.32 Å². The SMILES string of the molecule is CCNC(=O)NC(=O)CS. The van der Waals surface area contributed by atoms with Gasteiger partial charge in [-0.15, -0.1) is 0 Å². The van der Waals surface area contributed by atoms with E-state index in [9.17, 15) is 9.59 Å². The number of imide groups is 1. The van der Waals surface area contributed by atoms with E-state index in [1.807, 2.05) is 0 Å². The molecule has 0 rings (SSSR count). The summed E-state index contributed by atoms with van der Waals surface area (Å²) >= 11 is 3.67. The number of hydrogen-bond donors (Lipinski definition) is 3. The average molecular weight is 162 g/mol. The number of rotatable bonds is 2. The van der Waals surface area contributed by atoms with Crippen LogP contribution in [0.1, 0.15) is 6.92 Å². The van der Waals surface area contributed by atoms with Crippen LogP contribution in [0.25, 0.3) is 0 Å². The van der Waals surface area contributed by atoms with Gasteiger partial charge in [0.2, 0.25) is 5.91 Å². The van der Waals surface area contributed by atoms with Crippen LogP contribution in [0, 0.1) is 0 Å². The van der Waals surface area contributed by atoms with Crippen molar-refractivity contribution in [3.63, 3.8) is 0 Å². The topological polar surface area (TPSA) is 58.2 Å². The molecule has 0 bridgehead atoms. The summed E-state index contributed by atoms with van der Waals surface area (Å²) < 4.78 is 0. The molecule has 2 N–H and O–H groups in total. The second kappa shape index (κ2) is 5.10. The van der Waals surface area contributed by atoms with E-state index in [1.54, 1.807) is 6.92 Å². The Labute approximate surface area is 64.8 Å². The molecule has 0 spiro atoms. The monoisotopic (exact) mass is 162 g/mol. The Morgan fingerprint density at radius 1 is 1.50 bits per heavy atom. The summed E-state index contributed by atoms with van der Waals surface area (Å²) in [6.45, 7) is 2.27. The van der Waals surface area contributed by atoms with Gasteiger partial charge in [-0.05, 0) is 6.92 Å². The first-order chi connectivity index (χ1) is 4.70. The summed E-state index contributed by atoms with van der Waals surface area (Å²) in [5, 5.41) is 4.47. The molecule has 0 unspecified atom stereocenters. The third-order valence-corrected chi connectivity index (χ3v) is 1.02. The lowest BCUT2D eigenvalue weighted by Gasteiger charge is -2.00. The second-order valence-electron chi connectivity index (χ2n) is 1.57. The highest BCUT2D eigenvalue weighted by molar-refractivity contribution is 7.81. The van der Waals surface area contributed by atoms with Crippen LogP contribution in [0.5, 0.6) is 0 Å². The maximum absolute atomic E-state index is 10.5. The molecule has 0 heterocycles. The minimum Gasteiger partial charge on any atom is -0.338 e. The maximum atomic E-state index is 10.5. The second-order valence-corrected chi connectivity index (χ2v) is 1.88. The van der Waals surface area contributed by atoms with Crippen molar-refractivity contribution >= 4 is 24.6 Å². The Balaban J connectivity index is 3.47. The number of carbonyl (C=O) groups excluding carboxylic acids is 2. The molecule has 0 aliphatic carbocycles. The lowest BCUT2D eigenvalue weighted by atomic mass is 10.6. The predicted molar refractivity (Wildman–Crippen MR) is 41.1 cm³/mol. The molecule has 0 aliphatic rings. The van der Waals surface area contributed by atoms with Gasteiger partial charge in [0.15, 0.2) is 0 Å². The third-order valence-electron chi connectivity index (χ3n) is 0.734. The molecule has 0 aromatic rings. The molecule has 0 aliphatic heterocycles. The van der Waals surface area contributed by atoms with Gasteiger partial charge in [-0.2, -0.15) is 12.6 Å². The summed E-state index contributed by atoms with van der Waals surface area (Å²) in [6, 6.07) is -0.471. The van der Waals surface area contributed by atoms with Crippen molar-refractivity contribution < 1.29 is 9.59 Å². The summed E-state index contributed by atoms with van der Waals surface area (Å²) in [4.78, 5) is 21.0. The summed E-state index contributed by atoms with van der Waals surface area (Å²) in [7, 11) is 0. The van der Waals surface area contributed by atoms with Crippen molar-refractivity contribution in [3.8, 4) is 0 Å². The Hall–Kier alpha value is -0.710. The largest absolute Gasteiger partial charge is 0.338 e. The van der Waals surface area contributed by atoms with Crippen molar-refractivity contribution in [3.05, 3.63) is 0 Å². The highest BCUT2D eigenvalue weighted by atomic mass is 32.1. The number of thiol groups is 1. The van der Waals surface area contributed by atoms with E-state index < -0.39 is 11.9 Å². The quantitative estimate of drug-likeness (QED) is 0.491. The lowest BCUT2D eigenvalue weighted by molar-refractivity contribution is -0.117. The first kappa shape index (κ1) is 9.29. The summed E-state index contributed by atoms with van der Waals surface area (Å²) in [5.41, 5.74) is 0. The molecular formula is C5H10N2O2S. The number of carbonyl (C=O) groups is 2. The van der Waals surface area contributed by atoms with Crippen molar-refractivity contribution in [2.75, 3.05) is 12.3 Å². The number of nitrogens with one attached hydrogen (secondary N) is 2. The molecule has 0 fully saturated rings. The fourth-order valence-electron chi connectivity index (χ4n) is 0.371. The molecule has 0 aromatic carbocycles. The lowest BCUT2D eigenvalue weighted by Crippen LogP contribution is -2.39.